The highest BCUT2D eigenvalue weighted by molar-refractivity contribution is 7.80. The molecular formula is C43H61N14O21P3S. The van der Waals surface area contributed by atoms with Crippen molar-refractivity contribution in [3.63, 3.8) is 0 Å². The Kier molecular flexibility index (Phi) is 19.8. The summed E-state index contributed by atoms with van der Waals surface area (Å²) >= 11 is 4.23. The number of hydrogen-bond donors (Lipinski definition) is 9. The third kappa shape index (κ3) is 15.4. The number of thiol groups is 1. The molecule has 4 aliphatic rings. The number of phosphoric ester groups is 3. The van der Waals surface area contributed by atoms with Crippen LogP contribution in [0, 0.1) is 0 Å². The third-order valence-electron chi connectivity index (χ3n) is 13.4. The standard InChI is InChI=1S/C43H61N14O21P3S/c44-31-5-8-54(41(59)51-31)35-14-24(28(73-35)17-68-11-3-1-2-4-12-82)76-80(64,65)70-19-30-26(16-37(75-30)56-10-7-33(46)53-43(56)61)78-81(66,67)71-20-29-25(15-36(74-29)55-9-6-32(45)52-42(55)60)77-79(62,63)69-18-27-23(58)13-34(72-27)57-22-50-38-39(47)48-21-49-40(38)57/h5-10,21-30,34-37,58,82H,1-4,11-20H2,(H,62,63)(H,64,65)(H,66,67)(H2,44,51,59)(H2,45,52,60)(H2,46,53,61)(H2,47,48,49)/t23-,24-,25-,26-,27+,28+,29+,30+,34+,35+,36+,37+/m0/s1. The summed E-state index contributed by atoms with van der Waals surface area (Å²) in [7, 11) is -15.7. The number of aliphatic hydroxyl groups excluding tert-OH is 1. The van der Waals surface area contributed by atoms with E-state index in [9.17, 15) is 47.9 Å². The number of unbranched alkanes of at least 4 members (excludes halogenated alkanes) is 3. The molecule has 15 atom stereocenters. The molecule has 0 spiro atoms. The van der Waals surface area contributed by atoms with Gasteiger partial charge >= 0.3 is 40.5 Å². The smallest absolute Gasteiger partial charge is 0.390 e. The molecule has 0 aromatic carbocycles. The number of imidazole rings is 1. The van der Waals surface area contributed by atoms with E-state index in [0.29, 0.717) is 18.7 Å². The molecule has 0 bridgehead atoms. The molecule has 4 fully saturated rings. The Hall–Kier alpha value is -5.17. The first-order chi connectivity index (χ1) is 39.0. The van der Waals surface area contributed by atoms with Gasteiger partial charge in [-0.2, -0.15) is 27.6 Å². The SMILES string of the molecule is Nc1ccn([C@H]2C[C@H](OP(=O)(O)OC[C@H]3O[C@@H](n4ccc(N)nc4=O)C[C@@H]3OP(=O)(O)OC[C@H]3O[C@@H](n4ccc(N)nc4=O)C[C@@H]3OP(=O)(O)OC[C@H]3O[C@@H](n4cnc5c(N)ncnc54)C[C@@H]3O)[C@@H](COCCCCCCS)O2)c(=O)n1. The van der Waals surface area contributed by atoms with Gasteiger partial charge in [-0.15, -0.1) is 0 Å². The lowest BCUT2D eigenvalue weighted by Gasteiger charge is -2.25. The summed E-state index contributed by atoms with van der Waals surface area (Å²) in [4.78, 5) is 95.5. The maximum Gasteiger partial charge on any atom is 0.472 e. The number of hydrogen-bond acceptors (Lipinski definition) is 29. The second-order valence-electron chi connectivity index (χ2n) is 19.2. The zero-order valence-corrected chi connectivity index (χ0v) is 46.8. The summed E-state index contributed by atoms with van der Waals surface area (Å²) in [5, 5.41) is 10.9. The topological polar surface area (TPSA) is 486 Å². The fourth-order valence-corrected chi connectivity index (χ4v) is 12.5. The number of fused-ring (bicyclic) bond motifs is 1. The van der Waals surface area contributed by atoms with Gasteiger partial charge in [0.25, 0.3) is 0 Å². The molecule has 4 saturated heterocycles. The van der Waals surface area contributed by atoms with Gasteiger partial charge in [0.2, 0.25) is 0 Å². The van der Waals surface area contributed by atoms with E-state index in [-0.39, 0.29) is 54.7 Å². The first kappa shape index (κ1) is 61.4. The number of anilines is 4. The molecule has 12 N–H and O–H groups in total. The monoisotopic (exact) mass is 1230 g/mol. The van der Waals surface area contributed by atoms with Gasteiger partial charge in [-0.1, -0.05) is 12.8 Å². The summed E-state index contributed by atoms with van der Waals surface area (Å²) < 4.78 is 109. The van der Waals surface area contributed by atoms with Crippen molar-refractivity contribution in [1.82, 2.24) is 48.2 Å². The predicted octanol–water partition coefficient (Wildman–Crippen LogP) is 0.450. The number of rotatable bonds is 27. The van der Waals surface area contributed by atoms with Gasteiger partial charge in [-0.05, 0) is 36.8 Å². The molecular weight excluding hydrogens is 1170 g/mol. The van der Waals surface area contributed by atoms with Crippen LogP contribution in [0.4, 0.5) is 23.3 Å². The van der Waals surface area contributed by atoms with Crippen molar-refractivity contribution in [2.45, 2.75) is 125 Å². The molecule has 5 aromatic heterocycles. The van der Waals surface area contributed by atoms with Crippen molar-refractivity contribution in [2.75, 3.05) is 61.7 Å². The molecule has 5 aromatic rings. The zero-order chi connectivity index (χ0) is 58.5. The van der Waals surface area contributed by atoms with Gasteiger partial charge in [-0.3, -0.25) is 45.4 Å². The van der Waals surface area contributed by atoms with Crippen LogP contribution in [0.25, 0.3) is 11.2 Å². The van der Waals surface area contributed by atoms with Gasteiger partial charge < -0.3 is 66.4 Å². The van der Waals surface area contributed by atoms with Crippen LogP contribution in [0.2, 0.25) is 0 Å². The van der Waals surface area contributed by atoms with Crippen LogP contribution < -0.4 is 40.0 Å². The largest absolute Gasteiger partial charge is 0.472 e. The van der Waals surface area contributed by atoms with Crippen LogP contribution in [-0.2, 0) is 64.5 Å². The van der Waals surface area contributed by atoms with E-state index in [0.717, 1.165) is 38.7 Å². The van der Waals surface area contributed by atoms with Crippen LogP contribution in [0.15, 0.2) is 63.8 Å². The maximum atomic E-state index is 13.9. The fourth-order valence-electron chi connectivity index (χ4n) is 9.42. The van der Waals surface area contributed by atoms with E-state index in [1.54, 1.807) is 0 Å². The Morgan fingerprint density at radius 1 is 0.561 bits per heavy atom. The van der Waals surface area contributed by atoms with E-state index in [1.165, 1.54) is 54.0 Å². The van der Waals surface area contributed by atoms with Crippen molar-refractivity contribution in [1.29, 1.82) is 0 Å². The van der Waals surface area contributed by atoms with Crippen molar-refractivity contribution >= 4 is 70.5 Å². The minimum atomic E-state index is -5.35. The van der Waals surface area contributed by atoms with Crippen LogP contribution in [-0.4, -0.2) is 156 Å². The number of nitrogens with zero attached hydrogens (tertiary/aromatic N) is 10. The Morgan fingerprint density at radius 3 is 1.43 bits per heavy atom. The molecule has 0 radical (unpaired) electrons. The molecule has 0 aliphatic carbocycles. The van der Waals surface area contributed by atoms with Crippen molar-refractivity contribution in [3.8, 4) is 0 Å². The Morgan fingerprint density at radius 2 is 0.976 bits per heavy atom. The quantitative estimate of drug-likeness (QED) is 0.0196. The van der Waals surface area contributed by atoms with Gasteiger partial charge in [0.1, 0.15) is 96.9 Å². The maximum absolute atomic E-state index is 13.9. The molecule has 3 unspecified atom stereocenters. The molecule has 0 saturated carbocycles. The lowest BCUT2D eigenvalue weighted by molar-refractivity contribution is -0.0695. The summed E-state index contributed by atoms with van der Waals surface area (Å²) in [5.74, 6) is 0.537. The molecule has 82 heavy (non-hydrogen) atoms. The van der Waals surface area contributed by atoms with Gasteiger partial charge in [-0.25, -0.2) is 43.0 Å². The average molecular weight is 1240 g/mol. The van der Waals surface area contributed by atoms with Gasteiger partial charge in [0, 0.05) is 50.9 Å². The Labute approximate surface area is 469 Å². The molecule has 9 rings (SSSR count). The lowest BCUT2D eigenvalue weighted by atomic mass is 10.2. The first-order valence-corrected chi connectivity index (χ1v) is 30.6. The highest BCUT2D eigenvalue weighted by Gasteiger charge is 2.48. The minimum absolute atomic E-state index is 0.0122. The highest BCUT2D eigenvalue weighted by Crippen LogP contribution is 2.53. The molecule has 450 valence electrons. The summed E-state index contributed by atoms with van der Waals surface area (Å²) in [6.45, 7) is -2.30. The van der Waals surface area contributed by atoms with Gasteiger partial charge in [0.15, 0.2) is 11.5 Å². The number of nitrogen functional groups attached to an aromatic ring is 4. The van der Waals surface area contributed by atoms with E-state index in [2.05, 4.69) is 42.5 Å². The number of aliphatic hydroxyl groups is 1. The summed E-state index contributed by atoms with van der Waals surface area (Å²) in [6, 6.07) is 3.91. The normalized spacial score (nSPS) is 28.8. The number of aromatic nitrogens is 10. The van der Waals surface area contributed by atoms with E-state index in [4.69, 9.17) is 73.8 Å². The second-order valence-corrected chi connectivity index (χ2v) is 23.8. The predicted molar refractivity (Wildman–Crippen MR) is 284 cm³/mol. The summed E-state index contributed by atoms with van der Waals surface area (Å²) in [6.07, 6.45) is -6.43. The molecule has 35 nitrogen and oxygen atoms in total. The molecule has 9 heterocycles. The van der Waals surface area contributed by atoms with Crippen LogP contribution in [0.3, 0.4) is 0 Å². The molecule has 4 aliphatic heterocycles. The highest BCUT2D eigenvalue weighted by atomic mass is 32.1. The van der Waals surface area contributed by atoms with Crippen molar-refractivity contribution < 1.29 is 84.3 Å². The number of nitrogens with two attached hydrogens (primary N) is 4. The Bertz CT molecular complexity index is 3370. The molecule has 39 heteroatoms. The average Bonchev–Trinajstić information content (AvgIpc) is 4.43. The molecule has 0 amide bonds. The van der Waals surface area contributed by atoms with Crippen LogP contribution in [0.1, 0.15) is 76.3 Å². The van der Waals surface area contributed by atoms with Crippen molar-refractivity contribution in [3.05, 3.63) is 80.9 Å². The van der Waals surface area contributed by atoms with E-state index < -0.39 is 141 Å². The van der Waals surface area contributed by atoms with Crippen LogP contribution in [0.5, 0.6) is 0 Å². The number of phosphoric acid groups is 3. The Balaban J connectivity index is 0.864. The van der Waals surface area contributed by atoms with Gasteiger partial charge in [0.05, 0.1) is 38.9 Å². The second kappa shape index (κ2) is 26.4. The van der Waals surface area contributed by atoms with Crippen molar-refractivity contribution in [2.24, 2.45) is 0 Å². The summed E-state index contributed by atoms with van der Waals surface area (Å²) in [5.41, 5.74) is 21.0. The van der Waals surface area contributed by atoms with E-state index >= 15 is 0 Å². The number of ether oxygens (including phenoxy) is 5. The fraction of sp³-hybridized carbons (Fsp3) is 0.605. The van der Waals surface area contributed by atoms with Crippen LogP contribution >= 0.6 is 36.1 Å². The lowest BCUT2D eigenvalue weighted by Crippen LogP contribution is -2.32. The zero-order valence-electron chi connectivity index (χ0n) is 43.2. The first-order valence-electron chi connectivity index (χ1n) is 25.5. The van der Waals surface area contributed by atoms with E-state index in [1.807, 2.05) is 0 Å². The third-order valence-corrected chi connectivity index (χ3v) is 16.8. The minimum Gasteiger partial charge on any atom is -0.390 e.